The molecule has 3 aliphatic heterocycles. The first-order valence-corrected chi connectivity index (χ1v) is 17.7. The van der Waals surface area contributed by atoms with Gasteiger partial charge in [-0.1, -0.05) is 73.2 Å². The Balaban J connectivity index is 1.75. The van der Waals surface area contributed by atoms with Crippen molar-refractivity contribution in [2.75, 3.05) is 6.61 Å². The lowest BCUT2D eigenvalue weighted by molar-refractivity contribution is -0.154. The smallest absolute Gasteiger partial charge is 0.356 e. The van der Waals surface area contributed by atoms with Gasteiger partial charge in [-0.2, -0.15) is 0 Å². The number of aliphatic imine (C=N–C) groups is 1. The monoisotopic (exact) mass is 664 g/mol. The van der Waals surface area contributed by atoms with Crippen molar-refractivity contribution in [3.8, 4) is 0 Å². The minimum absolute atomic E-state index is 0.0108. The zero-order valence-electron chi connectivity index (χ0n) is 21.2. The van der Waals surface area contributed by atoms with Gasteiger partial charge < -0.3 is 9.72 Å². The zero-order chi connectivity index (χ0) is 26.9. The van der Waals surface area contributed by atoms with Gasteiger partial charge in [0.2, 0.25) is 5.91 Å². The number of nitrogens with zero attached hydrogens (tertiary/aromatic N) is 3. The van der Waals surface area contributed by atoms with E-state index in [1.807, 2.05) is 44.2 Å². The van der Waals surface area contributed by atoms with Crippen LogP contribution in [0, 0.1) is 0 Å². The molecule has 1 N–H and O–H groups in total. The average Bonchev–Trinajstić information content (AvgIpc) is 3.33. The van der Waals surface area contributed by atoms with E-state index in [-0.39, 0.29) is 29.7 Å². The van der Waals surface area contributed by atoms with Gasteiger partial charge in [-0.25, -0.2) is 9.78 Å². The fraction of sp³-hybridized carbons (Fsp3) is 0.385. The van der Waals surface area contributed by atoms with Crippen molar-refractivity contribution in [1.29, 1.82) is 0 Å². The summed E-state index contributed by atoms with van der Waals surface area (Å²) in [5, 5.41) is 0.0654. The van der Waals surface area contributed by atoms with Crippen LogP contribution in [-0.2, 0) is 25.3 Å². The fourth-order valence-electron chi connectivity index (χ4n) is 4.97. The Bertz CT molecular complexity index is 1440. The molecule has 194 valence electrons. The van der Waals surface area contributed by atoms with E-state index in [1.165, 1.54) is 4.90 Å². The third-order valence-electron chi connectivity index (χ3n) is 7.00. The summed E-state index contributed by atoms with van der Waals surface area (Å²) in [4.78, 5) is 41.3. The highest BCUT2D eigenvalue weighted by Gasteiger charge is 2.61. The number of hydrogen-bond donors (Lipinski definition) is 1. The molecule has 0 radical (unpaired) electrons. The highest BCUT2D eigenvalue weighted by molar-refractivity contribution is 9.10. The van der Waals surface area contributed by atoms with Crippen LogP contribution in [0.1, 0.15) is 37.2 Å². The summed E-state index contributed by atoms with van der Waals surface area (Å²) in [6, 6.07) is 6.57. The van der Waals surface area contributed by atoms with Crippen LogP contribution in [0.15, 0.2) is 50.2 Å². The number of aromatic nitrogens is 2. The Labute approximate surface area is 238 Å². The molecule has 11 heteroatoms. The molecule has 5 rings (SSSR count). The minimum Gasteiger partial charge on any atom is -0.461 e. The number of esters is 1. The Kier molecular flexibility index (Phi) is 6.49. The largest absolute Gasteiger partial charge is 0.461 e. The van der Waals surface area contributed by atoms with Gasteiger partial charge in [-0.05, 0) is 40.2 Å². The van der Waals surface area contributed by atoms with E-state index in [4.69, 9.17) is 21.3 Å². The number of amides is 1. The number of H-pyrrole nitrogens is 1. The number of imidazole rings is 1. The van der Waals surface area contributed by atoms with Crippen LogP contribution < -0.4 is 0 Å². The van der Waals surface area contributed by atoms with Crippen LogP contribution in [0.3, 0.4) is 0 Å². The molecule has 3 aliphatic rings. The van der Waals surface area contributed by atoms with Crippen LogP contribution >= 0.6 is 43.5 Å². The number of carbonyl (C=O) groups is 2. The average molecular weight is 667 g/mol. The maximum atomic E-state index is 13.8. The zero-order valence-corrected chi connectivity index (χ0v) is 26.1. The molecule has 1 saturated heterocycles. The maximum absolute atomic E-state index is 13.8. The summed E-state index contributed by atoms with van der Waals surface area (Å²) in [6.45, 7) is 10.9. The Morgan fingerprint density at radius 2 is 2.00 bits per heavy atom. The van der Waals surface area contributed by atoms with Crippen LogP contribution in [0.2, 0.25) is 25.7 Å². The van der Waals surface area contributed by atoms with Gasteiger partial charge in [0.25, 0.3) is 0 Å². The van der Waals surface area contributed by atoms with Gasteiger partial charge in [0, 0.05) is 23.5 Å². The number of carbonyl (C=O) groups excluding carboxylic acids is 2. The molecule has 1 amide bonds. The first-order chi connectivity index (χ1) is 17.2. The van der Waals surface area contributed by atoms with Crippen LogP contribution in [-0.4, -0.2) is 47.1 Å². The molecule has 4 heterocycles. The Hall–Kier alpha value is -2.01. The quantitative estimate of drug-likeness (QED) is 0.221. The van der Waals surface area contributed by atoms with Crippen LogP contribution in [0.5, 0.6) is 0 Å². The second-order valence-corrected chi connectivity index (χ2v) is 19.0. The Morgan fingerprint density at radius 1 is 1.27 bits per heavy atom. The molecule has 1 aromatic carbocycles. The van der Waals surface area contributed by atoms with E-state index in [0.29, 0.717) is 21.8 Å². The number of halogens is 3. The van der Waals surface area contributed by atoms with Gasteiger partial charge >= 0.3 is 5.97 Å². The molecule has 0 aliphatic carbocycles. The van der Waals surface area contributed by atoms with E-state index in [0.717, 1.165) is 21.8 Å². The van der Waals surface area contributed by atoms with Gasteiger partial charge in [0.05, 0.1) is 35.2 Å². The number of hydrogen-bond acceptors (Lipinski definition) is 5. The molecule has 1 unspecified atom stereocenters. The fourth-order valence-corrected chi connectivity index (χ4v) is 6.70. The number of rotatable bonds is 4. The first-order valence-electron chi connectivity index (χ1n) is 12.0. The summed E-state index contributed by atoms with van der Waals surface area (Å²) in [6.07, 6.45) is 4.14. The summed E-state index contributed by atoms with van der Waals surface area (Å²) < 4.78 is 7.12. The second-order valence-electron chi connectivity index (χ2n) is 11.3. The SMILES string of the molecule is CC1(C)/C=C\C2=Nc3cc(Br)ccc3C23CC(=O)N3/C(C(=O)OCC[Si](C)(C)C)=C(/Cl)c2nc(Br)[nH]c21. The normalized spacial score (nSPS) is 24.8. The molecule has 1 aromatic heterocycles. The third kappa shape index (κ3) is 4.39. The molecule has 37 heavy (non-hydrogen) atoms. The highest BCUT2D eigenvalue weighted by Crippen LogP contribution is 2.55. The molecule has 1 fully saturated rings. The number of allylic oxidation sites excluding steroid dienone is 1. The number of benzene rings is 1. The molecule has 0 bridgehead atoms. The number of fused-ring (bicyclic) bond motifs is 2. The molecule has 1 spiro atoms. The standard InChI is InChI=1S/C26H27Br2ClN4O3Si/c1-25(2)9-8-17-26(15-7-6-14(27)12-16(15)30-17)13-18(34)33(26)21(23(35)36-10-11-37(3,4)5)19(29)20-22(25)32-24(28)31-20/h6-9,12H,10-11,13H2,1-5H3,(H,31,32)/b9-8-,21-19+. The number of β-lactam (4-membered cyclic amide) rings is 1. The molecular weight excluding hydrogens is 640 g/mol. The molecule has 7 nitrogen and oxygen atoms in total. The van der Waals surface area contributed by atoms with Crippen LogP contribution in [0.25, 0.3) is 5.03 Å². The van der Waals surface area contributed by atoms with Crippen molar-refractivity contribution in [1.82, 2.24) is 14.9 Å². The van der Waals surface area contributed by atoms with Crippen molar-refractivity contribution in [2.24, 2.45) is 4.99 Å². The lowest BCUT2D eigenvalue weighted by atomic mass is 9.73. The second kappa shape index (κ2) is 9.03. The number of nitrogens with one attached hydrogen (secondary N) is 1. The van der Waals surface area contributed by atoms with Crippen molar-refractivity contribution in [3.05, 3.63) is 62.2 Å². The highest BCUT2D eigenvalue weighted by atomic mass is 79.9. The topological polar surface area (TPSA) is 87.7 Å². The number of aromatic amines is 1. The van der Waals surface area contributed by atoms with E-state index in [9.17, 15) is 9.59 Å². The molecule has 2 aromatic rings. The van der Waals surface area contributed by atoms with Gasteiger partial charge in [-0.3, -0.25) is 14.7 Å². The predicted molar refractivity (Wildman–Crippen MR) is 155 cm³/mol. The molecular formula is C26H27Br2ClN4O3Si. The Morgan fingerprint density at radius 3 is 2.68 bits per heavy atom. The predicted octanol–water partition coefficient (Wildman–Crippen LogP) is 6.78. The lowest BCUT2D eigenvalue weighted by Crippen LogP contribution is -2.64. The first kappa shape index (κ1) is 26.6. The van der Waals surface area contributed by atoms with E-state index < -0.39 is 25.0 Å². The molecule has 1 atom stereocenters. The summed E-state index contributed by atoms with van der Waals surface area (Å²) in [5.74, 6) is -0.879. The van der Waals surface area contributed by atoms with Crippen molar-refractivity contribution >= 4 is 79.8 Å². The van der Waals surface area contributed by atoms with Crippen molar-refractivity contribution in [3.63, 3.8) is 0 Å². The number of ether oxygens (including phenoxy) is 1. The van der Waals surface area contributed by atoms with Gasteiger partial charge in [0.1, 0.15) is 11.2 Å². The molecule has 0 saturated carbocycles. The van der Waals surface area contributed by atoms with Crippen LogP contribution in [0.4, 0.5) is 5.69 Å². The minimum atomic E-state index is -1.47. The third-order valence-corrected chi connectivity index (χ3v) is 9.93. The van der Waals surface area contributed by atoms with E-state index in [1.54, 1.807) is 0 Å². The summed E-state index contributed by atoms with van der Waals surface area (Å²) in [5.41, 5.74) is 1.83. The van der Waals surface area contributed by atoms with Gasteiger partial charge in [0.15, 0.2) is 10.4 Å². The lowest BCUT2D eigenvalue weighted by Gasteiger charge is -2.51. The van der Waals surface area contributed by atoms with Crippen molar-refractivity contribution < 1.29 is 14.3 Å². The maximum Gasteiger partial charge on any atom is 0.356 e. The summed E-state index contributed by atoms with van der Waals surface area (Å²) in [7, 11) is -1.47. The van der Waals surface area contributed by atoms with Gasteiger partial charge in [-0.15, -0.1) is 0 Å². The van der Waals surface area contributed by atoms with Crippen molar-refractivity contribution in [2.45, 2.75) is 56.9 Å². The summed E-state index contributed by atoms with van der Waals surface area (Å²) >= 11 is 14.0. The van der Waals surface area contributed by atoms with E-state index in [2.05, 4.69) is 61.5 Å². The van der Waals surface area contributed by atoms with E-state index >= 15 is 0 Å².